The van der Waals surface area contributed by atoms with Gasteiger partial charge in [-0.2, -0.15) is 11.8 Å². The van der Waals surface area contributed by atoms with Gasteiger partial charge in [0.1, 0.15) is 0 Å². The van der Waals surface area contributed by atoms with Crippen molar-refractivity contribution in [2.24, 2.45) is 5.41 Å². The van der Waals surface area contributed by atoms with E-state index in [-0.39, 0.29) is 0 Å². The third-order valence-corrected chi connectivity index (χ3v) is 3.09. The molecule has 0 aliphatic rings. The van der Waals surface area contributed by atoms with Crippen molar-refractivity contribution in [3.05, 3.63) is 0 Å². The summed E-state index contributed by atoms with van der Waals surface area (Å²) in [4.78, 5) is 0. The molecule has 74 valence electrons. The van der Waals surface area contributed by atoms with Crippen LogP contribution in [0, 0.1) is 5.41 Å². The first kappa shape index (κ1) is 12.3. The van der Waals surface area contributed by atoms with Crippen LogP contribution in [0.2, 0.25) is 0 Å². The van der Waals surface area contributed by atoms with E-state index in [2.05, 4.69) is 33.0 Å². The molecular weight excluding hydrogens is 166 g/mol. The first-order valence-electron chi connectivity index (χ1n) is 4.91. The molecule has 0 aromatic rings. The lowest BCUT2D eigenvalue weighted by Crippen LogP contribution is -2.30. The van der Waals surface area contributed by atoms with Gasteiger partial charge < -0.3 is 5.32 Å². The van der Waals surface area contributed by atoms with Gasteiger partial charge >= 0.3 is 0 Å². The topological polar surface area (TPSA) is 12.0 Å². The van der Waals surface area contributed by atoms with Gasteiger partial charge in [0.2, 0.25) is 0 Å². The van der Waals surface area contributed by atoms with Crippen LogP contribution in [0.5, 0.6) is 0 Å². The third-order valence-electron chi connectivity index (χ3n) is 2.19. The zero-order valence-corrected chi connectivity index (χ0v) is 9.76. The maximum Gasteiger partial charge on any atom is 0.00580 e. The SMILES string of the molecule is CCSCCNCC(C)(C)CC. The van der Waals surface area contributed by atoms with Crippen molar-refractivity contribution in [1.82, 2.24) is 5.32 Å². The summed E-state index contributed by atoms with van der Waals surface area (Å²) in [5, 5.41) is 3.49. The summed E-state index contributed by atoms with van der Waals surface area (Å²) in [6, 6.07) is 0. The van der Waals surface area contributed by atoms with Crippen molar-refractivity contribution in [1.29, 1.82) is 0 Å². The summed E-state index contributed by atoms with van der Waals surface area (Å²) in [6.45, 7) is 11.4. The Morgan fingerprint density at radius 1 is 1.25 bits per heavy atom. The third kappa shape index (κ3) is 6.99. The van der Waals surface area contributed by atoms with Gasteiger partial charge in [0, 0.05) is 18.8 Å². The van der Waals surface area contributed by atoms with E-state index in [1.807, 2.05) is 11.8 Å². The number of hydrogen-bond acceptors (Lipinski definition) is 2. The predicted molar refractivity (Wildman–Crippen MR) is 59.9 cm³/mol. The summed E-state index contributed by atoms with van der Waals surface area (Å²) in [5.74, 6) is 2.48. The highest BCUT2D eigenvalue weighted by Gasteiger charge is 2.13. The van der Waals surface area contributed by atoms with Crippen LogP contribution < -0.4 is 5.32 Å². The van der Waals surface area contributed by atoms with E-state index in [0.717, 1.165) is 13.1 Å². The average Bonchev–Trinajstić information content (AvgIpc) is 2.04. The Balaban J connectivity index is 3.19. The second kappa shape index (κ2) is 6.79. The lowest BCUT2D eigenvalue weighted by molar-refractivity contribution is 0.332. The highest BCUT2D eigenvalue weighted by Crippen LogP contribution is 2.17. The molecule has 0 aromatic carbocycles. The molecule has 0 rings (SSSR count). The van der Waals surface area contributed by atoms with Crippen molar-refractivity contribution in [2.45, 2.75) is 34.1 Å². The Hall–Kier alpha value is 0.310. The van der Waals surface area contributed by atoms with Crippen LogP contribution >= 0.6 is 11.8 Å². The van der Waals surface area contributed by atoms with E-state index in [9.17, 15) is 0 Å². The van der Waals surface area contributed by atoms with Crippen LogP contribution in [0.15, 0.2) is 0 Å². The molecule has 1 nitrogen and oxygen atoms in total. The van der Waals surface area contributed by atoms with E-state index in [0.29, 0.717) is 5.41 Å². The standard InChI is InChI=1S/C10H23NS/c1-5-10(3,4)9-11-7-8-12-6-2/h11H,5-9H2,1-4H3. The molecule has 0 aromatic heterocycles. The maximum absolute atomic E-state index is 3.49. The summed E-state index contributed by atoms with van der Waals surface area (Å²) in [7, 11) is 0. The van der Waals surface area contributed by atoms with Gasteiger partial charge in [0.05, 0.1) is 0 Å². The normalized spacial score (nSPS) is 12.0. The van der Waals surface area contributed by atoms with Crippen LogP contribution in [-0.2, 0) is 0 Å². The Morgan fingerprint density at radius 2 is 1.92 bits per heavy atom. The number of hydrogen-bond donors (Lipinski definition) is 1. The molecule has 0 saturated carbocycles. The molecule has 0 spiro atoms. The molecule has 12 heavy (non-hydrogen) atoms. The molecule has 0 radical (unpaired) electrons. The van der Waals surface area contributed by atoms with Crippen LogP contribution in [-0.4, -0.2) is 24.6 Å². The molecule has 0 unspecified atom stereocenters. The van der Waals surface area contributed by atoms with Crippen LogP contribution in [0.4, 0.5) is 0 Å². The van der Waals surface area contributed by atoms with Crippen LogP contribution in [0.3, 0.4) is 0 Å². The first-order chi connectivity index (χ1) is 5.62. The van der Waals surface area contributed by atoms with Gasteiger partial charge in [-0.05, 0) is 17.6 Å². The Labute approximate surface area is 81.7 Å². The summed E-state index contributed by atoms with van der Waals surface area (Å²) in [6.07, 6.45) is 1.25. The highest BCUT2D eigenvalue weighted by atomic mass is 32.2. The zero-order chi connectivity index (χ0) is 9.45. The molecule has 0 heterocycles. The van der Waals surface area contributed by atoms with Gasteiger partial charge in [-0.25, -0.2) is 0 Å². The molecule has 0 aliphatic heterocycles. The van der Waals surface area contributed by atoms with Gasteiger partial charge in [0.15, 0.2) is 0 Å². The molecule has 0 amide bonds. The average molecular weight is 189 g/mol. The van der Waals surface area contributed by atoms with Crippen LogP contribution in [0.1, 0.15) is 34.1 Å². The van der Waals surface area contributed by atoms with Gasteiger partial charge in [-0.15, -0.1) is 0 Å². The quantitative estimate of drug-likeness (QED) is 0.618. The van der Waals surface area contributed by atoms with Gasteiger partial charge in [-0.1, -0.05) is 27.7 Å². The summed E-state index contributed by atoms with van der Waals surface area (Å²) in [5.41, 5.74) is 0.469. The molecule has 0 fully saturated rings. The lowest BCUT2D eigenvalue weighted by atomic mass is 9.90. The molecule has 0 atom stereocenters. The molecule has 1 N–H and O–H groups in total. The van der Waals surface area contributed by atoms with Crippen molar-refractivity contribution in [3.63, 3.8) is 0 Å². The molecule has 0 aliphatic carbocycles. The molecule has 2 heteroatoms. The maximum atomic E-state index is 3.49. The zero-order valence-electron chi connectivity index (χ0n) is 8.94. The predicted octanol–water partition coefficient (Wildman–Crippen LogP) is 2.77. The molecule has 0 bridgehead atoms. The molecule has 0 saturated heterocycles. The smallest absolute Gasteiger partial charge is 0.00580 e. The van der Waals surface area contributed by atoms with Crippen LogP contribution in [0.25, 0.3) is 0 Å². The van der Waals surface area contributed by atoms with E-state index in [4.69, 9.17) is 0 Å². The fourth-order valence-electron chi connectivity index (χ4n) is 0.840. The fraction of sp³-hybridized carbons (Fsp3) is 1.00. The van der Waals surface area contributed by atoms with Crippen molar-refractivity contribution in [2.75, 3.05) is 24.6 Å². The largest absolute Gasteiger partial charge is 0.315 e. The minimum Gasteiger partial charge on any atom is -0.315 e. The van der Waals surface area contributed by atoms with Crippen molar-refractivity contribution < 1.29 is 0 Å². The van der Waals surface area contributed by atoms with Gasteiger partial charge in [-0.3, -0.25) is 0 Å². The van der Waals surface area contributed by atoms with Crippen molar-refractivity contribution in [3.8, 4) is 0 Å². The lowest BCUT2D eigenvalue weighted by Gasteiger charge is -2.22. The number of thioether (sulfide) groups is 1. The van der Waals surface area contributed by atoms with E-state index in [1.165, 1.54) is 17.9 Å². The highest BCUT2D eigenvalue weighted by molar-refractivity contribution is 7.99. The van der Waals surface area contributed by atoms with E-state index < -0.39 is 0 Å². The van der Waals surface area contributed by atoms with E-state index >= 15 is 0 Å². The first-order valence-corrected chi connectivity index (χ1v) is 6.06. The minimum absolute atomic E-state index is 0.469. The second-order valence-corrected chi connectivity index (χ2v) is 5.29. The second-order valence-electron chi connectivity index (χ2n) is 3.89. The Morgan fingerprint density at radius 3 is 2.42 bits per heavy atom. The summed E-state index contributed by atoms with van der Waals surface area (Å²) >= 11 is 2.00. The fourth-order valence-corrected chi connectivity index (χ4v) is 1.42. The Bertz CT molecular complexity index is 102. The summed E-state index contributed by atoms with van der Waals surface area (Å²) < 4.78 is 0. The monoisotopic (exact) mass is 189 g/mol. The van der Waals surface area contributed by atoms with Gasteiger partial charge in [0.25, 0.3) is 0 Å². The number of nitrogens with one attached hydrogen (secondary N) is 1. The van der Waals surface area contributed by atoms with Crippen molar-refractivity contribution >= 4 is 11.8 Å². The Kier molecular flexibility index (Phi) is 6.96. The van der Waals surface area contributed by atoms with E-state index in [1.54, 1.807) is 0 Å². The number of rotatable bonds is 7. The minimum atomic E-state index is 0.469. The molecular formula is C10H23NS.